The van der Waals surface area contributed by atoms with Gasteiger partial charge in [-0.1, -0.05) is 6.07 Å². The Kier molecular flexibility index (Phi) is 3.47. The number of likely N-dealkylation sites (N-methyl/N-ethyl adjacent to an activating group) is 1. The number of H-pyrrole nitrogens is 1. The predicted molar refractivity (Wildman–Crippen MR) is 67.2 cm³/mol. The van der Waals surface area contributed by atoms with Gasteiger partial charge in [0.25, 0.3) is 0 Å². The van der Waals surface area contributed by atoms with E-state index in [-0.39, 0.29) is 12.5 Å². The number of rotatable bonds is 4. The second-order valence-corrected chi connectivity index (χ2v) is 4.11. The van der Waals surface area contributed by atoms with Crippen molar-refractivity contribution in [1.29, 1.82) is 0 Å². The highest BCUT2D eigenvalue weighted by molar-refractivity contribution is 5.77. The summed E-state index contributed by atoms with van der Waals surface area (Å²) in [6, 6.07) is 5.49. The number of nitrogens with one attached hydrogen (secondary N) is 1. The molecule has 96 valence electrons. The number of fused-ring (bicyclic) bond motifs is 1. The number of oxazole rings is 1. The van der Waals surface area contributed by atoms with E-state index in [1.54, 1.807) is 24.1 Å². The van der Waals surface area contributed by atoms with Crippen LogP contribution in [0.1, 0.15) is 5.56 Å². The number of carbonyl (C=O) groups excluding carboxylic acids is 1. The molecule has 0 fully saturated rings. The monoisotopic (exact) mass is 249 g/mol. The molecule has 0 aliphatic rings. The number of amides is 1. The maximum Gasteiger partial charge on any atom is 0.417 e. The van der Waals surface area contributed by atoms with E-state index in [1.807, 2.05) is 6.07 Å². The van der Waals surface area contributed by atoms with Crippen LogP contribution in [0.2, 0.25) is 0 Å². The predicted octanol–water partition coefficient (Wildman–Crippen LogP) is 0.0807. The first-order valence-electron chi connectivity index (χ1n) is 5.66. The van der Waals surface area contributed by atoms with Crippen LogP contribution in [-0.2, 0) is 11.2 Å². The molecular formula is C12H15N3O3. The summed E-state index contributed by atoms with van der Waals surface area (Å²) in [6.07, 6.45) is 0.688. The third kappa shape index (κ3) is 2.60. The Morgan fingerprint density at radius 3 is 3.00 bits per heavy atom. The Hall–Kier alpha value is -2.08. The van der Waals surface area contributed by atoms with Crippen molar-refractivity contribution in [3.8, 4) is 0 Å². The molecular weight excluding hydrogens is 234 g/mol. The van der Waals surface area contributed by atoms with Gasteiger partial charge in [0.1, 0.15) is 0 Å². The Labute approximate surface area is 103 Å². The molecule has 0 aliphatic carbocycles. The number of hydrogen-bond acceptors (Lipinski definition) is 4. The van der Waals surface area contributed by atoms with Crippen LogP contribution in [0.3, 0.4) is 0 Å². The van der Waals surface area contributed by atoms with Gasteiger partial charge in [0.2, 0.25) is 5.91 Å². The number of carbonyl (C=O) groups is 1. The molecule has 0 atom stereocenters. The summed E-state index contributed by atoms with van der Waals surface area (Å²) in [5.41, 5.74) is 7.48. The number of hydrogen-bond donors (Lipinski definition) is 2. The number of aromatic amines is 1. The van der Waals surface area contributed by atoms with E-state index >= 15 is 0 Å². The zero-order valence-corrected chi connectivity index (χ0v) is 10.1. The van der Waals surface area contributed by atoms with Crippen LogP contribution in [-0.4, -0.2) is 35.9 Å². The lowest BCUT2D eigenvalue weighted by Gasteiger charge is -2.15. The minimum absolute atomic E-state index is 0.0161. The normalized spacial score (nSPS) is 10.8. The quantitative estimate of drug-likeness (QED) is 0.802. The summed E-state index contributed by atoms with van der Waals surface area (Å²) >= 11 is 0. The number of aromatic nitrogens is 1. The van der Waals surface area contributed by atoms with Gasteiger partial charge in [0, 0.05) is 13.6 Å². The van der Waals surface area contributed by atoms with E-state index in [4.69, 9.17) is 10.2 Å². The first-order valence-corrected chi connectivity index (χ1v) is 5.66. The standard InChI is InChI=1S/C12H15N3O3/c1-15(11(16)7-13)5-4-8-2-3-9-10(6-8)18-12(17)14-9/h2-3,6H,4-5,7,13H2,1H3,(H,14,17). The topological polar surface area (TPSA) is 92.3 Å². The lowest BCUT2D eigenvalue weighted by molar-refractivity contribution is -0.128. The number of nitrogens with two attached hydrogens (primary N) is 1. The molecule has 1 aromatic heterocycles. The molecule has 0 saturated carbocycles. The molecule has 0 unspecified atom stereocenters. The van der Waals surface area contributed by atoms with Crippen LogP contribution in [0.25, 0.3) is 11.1 Å². The van der Waals surface area contributed by atoms with Crippen molar-refractivity contribution in [2.24, 2.45) is 5.73 Å². The van der Waals surface area contributed by atoms with E-state index in [1.165, 1.54) is 0 Å². The third-order valence-corrected chi connectivity index (χ3v) is 2.82. The molecule has 2 aromatic rings. The van der Waals surface area contributed by atoms with Gasteiger partial charge in [-0.25, -0.2) is 4.79 Å². The molecule has 1 heterocycles. The highest BCUT2D eigenvalue weighted by Crippen LogP contribution is 2.12. The zero-order valence-electron chi connectivity index (χ0n) is 10.1. The molecule has 6 nitrogen and oxygen atoms in total. The number of benzene rings is 1. The van der Waals surface area contributed by atoms with Crippen LogP contribution in [0, 0.1) is 0 Å². The maximum atomic E-state index is 11.3. The largest absolute Gasteiger partial charge is 0.417 e. The van der Waals surface area contributed by atoms with Crippen molar-refractivity contribution in [2.75, 3.05) is 20.1 Å². The SMILES string of the molecule is CN(CCc1ccc2[nH]c(=O)oc2c1)C(=O)CN. The Morgan fingerprint density at radius 2 is 2.28 bits per heavy atom. The first kappa shape index (κ1) is 12.4. The van der Waals surface area contributed by atoms with Gasteiger partial charge in [-0.3, -0.25) is 9.78 Å². The lowest BCUT2D eigenvalue weighted by atomic mass is 10.1. The second kappa shape index (κ2) is 5.05. The average molecular weight is 249 g/mol. The summed E-state index contributed by atoms with van der Waals surface area (Å²) in [5.74, 6) is -0.554. The van der Waals surface area contributed by atoms with Gasteiger partial charge in [-0.15, -0.1) is 0 Å². The molecule has 1 amide bonds. The van der Waals surface area contributed by atoms with Crippen LogP contribution in [0.4, 0.5) is 0 Å². The number of nitrogens with zero attached hydrogens (tertiary/aromatic N) is 1. The van der Waals surface area contributed by atoms with E-state index in [2.05, 4.69) is 4.98 Å². The maximum absolute atomic E-state index is 11.3. The fourth-order valence-corrected chi connectivity index (χ4v) is 1.72. The van der Waals surface area contributed by atoms with Gasteiger partial charge in [-0.05, 0) is 24.1 Å². The van der Waals surface area contributed by atoms with Gasteiger partial charge in [0.05, 0.1) is 12.1 Å². The molecule has 0 radical (unpaired) electrons. The van der Waals surface area contributed by atoms with E-state index < -0.39 is 5.76 Å². The molecule has 18 heavy (non-hydrogen) atoms. The van der Waals surface area contributed by atoms with Crippen LogP contribution < -0.4 is 11.5 Å². The van der Waals surface area contributed by atoms with Crippen LogP contribution in [0.5, 0.6) is 0 Å². The Morgan fingerprint density at radius 1 is 1.50 bits per heavy atom. The summed E-state index contributed by atoms with van der Waals surface area (Å²) in [4.78, 5) is 26.4. The average Bonchev–Trinajstić information content (AvgIpc) is 2.74. The van der Waals surface area contributed by atoms with E-state index in [9.17, 15) is 9.59 Å². The Balaban J connectivity index is 2.08. The zero-order chi connectivity index (χ0) is 13.1. The fourth-order valence-electron chi connectivity index (χ4n) is 1.72. The van der Waals surface area contributed by atoms with Gasteiger partial charge in [0.15, 0.2) is 5.58 Å². The van der Waals surface area contributed by atoms with Gasteiger partial charge in [-0.2, -0.15) is 0 Å². The summed E-state index contributed by atoms with van der Waals surface area (Å²) in [7, 11) is 1.71. The van der Waals surface area contributed by atoms with E-state index in [0.29, 0.717) is 24.1 Å². The van der Waals surface area contributed by atoms with Crippen molar-refractivity contribution < 1.29 is 9.21 Å². The summed E-state index contributed by atoms with van der Waals surface area (Å²) in [5, 5.41) is 0. The summed E-state index contributed by atoms with van der Waals surface area (Å²) in [6.45, 7) is 0.596. The molecule has 0 aliphatic heterocycles. The third-order valence-electron chi connectivity index (χ3n) is 2.82. The molecule has 0 spiro atoms. The minimum atomic E-state index is -0.461. The van der Waals surface area contributed by atoms with Crippen molar-refractivity contribution in [1.82, 2.24) is 9.88 Å². The van der Waals surface area contributed by atoms with Crippen molar-refractivity contribution in [2.45, 2.75) is 6.42 Å². The molecule has 0 saturated heterocycles. The molecule has 3 N–H and O–H groups in total. The highest BCUT2D eigenvalue weighted by Gasteiger charge is 2.07. The highest BCUT2D eigenvalue weighted by atomic mass is 16.4. The molecule has 0 bridgehead atoms. The summed E-state index contributed by atoms with van der Waals surface area (Å²) < 4.78 is 4.97. The van der Waals surface area contributed by atoms with Crippen LogP contribution >= 0.6 is 0 Å². The first-order chi connectivity index (χ1) is 8.60. The molecule has 6 heteroatoms. The smallest absolute Gasteiger partial charge is 0.408 e. The minimum Gasteiger partial charge on any atom is -0.408 e. The molecule has 1 aromatic carbocycles. The van der Waals surface area contributed by atoms with Crippen molar-refractivity contribution in [3.63, 3.8) is 0 Å². The van der Waals surface area contributed by atoms with Gasteiger partial charge < -0.3 is 15.1 Å². The second-order valence-electron chi connectivity index (χ2n) is 4.11. The fraction of sp³-hybridized carbons (Fsp3) is 0.333. The van der Waals surface area contributed by atoms with Gasteiger partial charge >= 0.3 is 5.76 Å². The van der Waals surface area contributed by atoms with Crippen LogP contribution in [0.15, 0.2) is 27.4 Å². The molecule has 2 rings (SSSR count). The van der Waals surface area contributed by atoms with Crippen molar-refractivity contribution in [3.05, 3.63) is 34.3 Å². The Bertz CT molecular complexity index is 614. The lowest BCUT2D eigenvalue weighted by Crippen LogP contribution is -2.34. The van der Waals surface area contributed by atoms with E-state index in [0.717, 1.165) is 5.56 Å². The van der Waals surface area contributed by atoms with Crippen molar-refractivity contribution >= 4 is 17.0 Å².